The minimum Gasteiger partial charge on any atom is -0.364 e. The second kappa shape index (κ2) is 8.67. The Bertz CT molecular complexity index is 1210. The van der Waals surface area contributed by atoms with Gasteiger partial charge in [-0.05, 0) is 66.5 Å². The van der Waals surface area contributed by atoms with Crippen LogP contribution < -0.4 is 10.2 Å². The molecule has 2 aliphatic heterocycles. The van der Waals surface area contributed by atoms with Gasteiger partial charge < -0.3 is 10.2 Å². The summed E-state index contributed by atoms with van der Waals surface area (Å²) in [4.78, 5) is 27.1. The number of nitrogens with zero attached hydrogens (tertiary/aromatic N) is 4. The normalized spacial score (nSPS) is 22.4. The summed E-state index contributed by atoms with van der Waals surface area (Å²) >= 11 is 1.14. The third-order valence-corrected chi connectivity index (χ3v) is 7.91. The molecule has 1 aromatic heterocycles. The van der Waals surface area contributed by atoms with Crippen molar-refractivity contribution in [1.82, 2.24) is 14.9 Å². The van der Waals surface area contributed by atoms with Gasteiger partial charge >= 0.3 is 0 Å². The van der Waals surface area contributed by atoms with Crippen molar-refractivity contribution in [3.8, 4) is 0 Å². The standard InChI is InChI=1S/C25H27N5O2S/c1-14-19-6-4-5-7-20(19)23-13-18(26-25(31)24-16(3)27-29-33-24)10-11-30(23)22-9-8-17(12-21(14)22)15(2)28-32/h4-9,12,14-15,18,23H,10-11,13H2,1-3H3,(H,26,31)/t14-,15?,18-,23-/m1/s1. The molecule has 5 rings (SSSR count). The average Bonchev–Trinajstić information content (AvgIpc) is 3.25. The predicted molar refractivity (Wildman–Crippen MR) is 130 cm³/mol. The molecule has 1 unspecified atom stereocenters. The second-order valence-electron chi connectivity index (χ2n) is 9.04. The number of fused-ring (bicyclic) bond motifs is 5. The van der Waals surface area contributed by atoms with Gasteiger partial charge in [0.2, 0.25) is 0 Å². The van der Waals surface area contributed by atoms with Crippen LogP contribution in [0.2, 0.25) is 0 Å². The van der Waals surface area contributed by atoms with Gasteiger partial charge in [-0.3, -0.25) is 4.79 Å². The molecule has 0 spiro atoms. The summed E-state index contributed by atoms with van der Waals surface area (Å²) in [6.45, 7) is 6.72. The predicted octanol–water partition coefficient (Wildman–Crippen LogP) is 5.28. The van der Waals surface area contributed by atoms with Crippen LogP contribution in [0.1, 0.15) is 82.3 Å². The fraction of sp³-hybridized carbons (Fsp3) is 0.400. The van der Waals surface area contributed by atoms with Gasteiger partial charge in [-0.2, -0.15) is 4.91 Å². The molecule has 1 N–H and O–H groups in total. The zero-order valence-corrected chi connectivity index (χ0v) is 19.8. The molecule has 0 saturated carbocycles. The summed E-state index contributed by atoms with van der Waals surface area (Å²) in [7, 11) is 0. The third-order valence-electron chi connectivity index (χ3n) is 7.09. The molecular formula is C25H27N5O2S. The van der Waals surface area contributed by atoms with E-state index in [1.165, 1.54) is 22.4 Å². The van der Waals surface area contributed by atoms with Crippen LogP contribution in [-0.2, 0) is 0 Å². The van der Waals surface area contributed by atoms with Crippen LogP contribution >= 0.6 is 11.5 Å². The molecule has 170 valence electrons. The molecule has 3 heterocycles. The van der Waals surface area contributed by atoms with Crippen LogP contribution in [0.15, 0.2) is 47.6 Å². The summed E-state index contributed by atoms with van der Waals surface area (Å²) in [5, 5.41) is 10.4. The Hall–Kier alpha value is -3.13. The largest absolute Gasteiger partial charge is 0.364 e. The number of nitroso groups, excluding NO2 is 1. The Kier molecular flexibility index (Phi) is 5.70. The second-order valence-corrected chi connectivity index (χ2v) is 9.80. The summed E-state index contributed by atoms with van der Waals surface area (Å²) in [6, 6.07) is 14.8. The Morgan fingerprint density at radius 2 is 2.00 bits per heavy atom. The monoisotopic (exact) mass is 461 g/mol. The van der Waals surface area contributed by atoms with Gasteiger partial charge in [0.15, 0.2) is 0 Å². The number of aromatic nitrogens is 2. The number of hydrogen-bond donors (Lipinski definition) is 1. The van der Waals surface area contributed by atoms with Crippen molar-refractivity contribution in [2.45, 2.75) is 57.7 Å². The summed E-state index contributed by atoms with van der Waals surface area (Å²) in [5.74, 6) is 0.108. The van der Waals surface area contributed by atoms with E-state index in [9.17, 15) is 9.70 Å². The van der Waals surface area contributed by atoms with E-state index in [2.05, 4.69) is 68.3 Å². The summed E-state index contributed by atoms with van der Waals surface area (Å²) in [6.07, 6.45) is 1.69. The van der Waals surface area contributed by atoms with Gasteiger partial charge in [0.05, 0.1) is 11.7 Å². The van der Waals surface area contributed by atoms with Gasteiger partial charge in [-0.1, -0.05) is 53.0 Å². The van der Waals surface area contributed by atoms with E-state index in [1.54, 1.807) is 0 Å². The number of amides is 1. The molecule has 0 bridgehead atoms. The Morgan fingerprint density at radius 3 is 2.73 bits per heavy atom. The zero-order valence-electron chi connectivity index (χ0n) is 19.0. The van der Waals surface area contributed by atoms with Crippen LogP contribution in [0, 0.1) is 11.8 Å². The lowest BCUT2D eigenvalue weighted by atomic mass is 9.85. The first-order chi connectivity index (χ1) is 16.0. The van der Waals surface area contributed by atoms with E-state index < -0.39 is 0 Å². The highest BCUT2D eigenvalue weighted by atomic mass is 32.1. The maximum absolute atomic E-state index is 12.8. The number of aryl methyl sites for hydroxylation is 1. The van der Waals surface area contributed by atoms with E-state index in [1.807, 2.05) is 19.9 Å². The van der Waals surface area contributed by atoms with Crippen LogP contribution in [0.25, 0.3) is 0 Å². The molecule has 0 aliphatic carbocycles. The Labute approximate surface area is 197 Å². The number of anilines is 1. The van der Waals surface area contributed by atoms with Crippen LogP contribution in [-0.4, -0.2) is 28.1 Å². The van der Waals surface area contributed by atoms with E-state index in [-0.39, 0.29) is 30.0 Å². The van der Waals surface area contributed by atoms with Crippen LogP contribution in [0.4, 0.5) is 5.69 Å². The smallest absolute Gasteiger partial charge is 0.265 e. The highest BCUT2D eigenvalue weighted by molar-refractivity contribution is 7.08. The van der Waals surface area contributed by atoms with E-state index >= 15 is 0 Å². The number of piperidine rings is 1. The fourth-order valence-electron chi connectivity index (χ4n) is 5.25. The molecule has 33 heavy (non-hydrogen) atoms. The SMILES string of the molecule is Cc1nnsc1C(=O)N[C@@H]1CCN2c3ccc(C(C)N=O)cc3[C@H](C)c3ccccc3[C@H]2C1. The molecule has 0 radical (unpaired) electrons. The highest BCUT2D eigenvalue weighted by Crippen LogP contribution is 2.47. The van der Waals surface area contributed by atoms with Crippen molar-refractivity contribution in [1.29, 1.82) is 0 Å². The zero-order chi connectivity index (χ0) is 23.1. The van der Waals surface area contributed by atoms with Gasteiger partial charge in [-0.15, -0.1) is 5.10 Å². The van der Waals surface area contributed by atoms with Crippen molar-refractivity contribution < 1.29 is 4.79 Å². The molecule has 3 aromatic rings. The van der Waals surface area contributed by atoms with E-state index in [0.29, 0.717) is 10.6 Å². The van der Waals surface area contributed by atoms with E-state index in [4.69, 9.17) is 0 Å². The summed E-state index contributed by atoms with van der Waals surface area (Å²) in [5.41, 5.74) is 6.66. The molecular weight excluding hydrogens is 434 g/mol. The first-order valence-corrected chi connectivity index (χ1v) is 12.2. The van der Waals surface area contributed by atoms with Crippen molar-refractivity contribution in [2.24, 2.45) is 5.18 Å². The molecule has 7 nitrogen and oxygen atoms in total. The maximum Gasteiger partial charge on any atom is 0.265 e. The maximum atomic E-state index is 12.8. The lowest BCUT2D eigenvalue weighted by Gasteiger charge is -2.41. The fourth-order valence-corrected chi connectivity index (χ4v) is 5.81. The first kappa shape index (κ1) is 21.7. The molecule has 4 atom stereocenters. The number of benzene rings is 2. The van der Waals surface area contributed by atoms with Gasteiger partial charge in [0.25, 0.3) is 5.91 Å². The molecule has 8 heteroatoms. The number of rotatable bonds is 4. The molecule has 1 saturated heterocycles. The third kappa shape index (κ3) is 3.82. The van der Waals surface area contributed by atoms with Crippen LogP contribution in [0.3, 0.4) is 0 Å². The van der Waals surface area contributed by atoms with Crippen molar-refractivity contribution >= 4 is 23.1 Å². The topological polar surface area (TPSA) is 87.6 Å². The number of hydrogen-bond acceptors (Lipinski definition) is 7. The first-order valence-electron chi connectivity index (χ1n) is 11.4. The van der Waals surface area contributed by atoms with E-state index in [0.717, 1.165) is 36.5 Å². The van der Waals surface area contributed by atoms with Crippen molar-refractivity contribution in [3.05, 3.63) is 80.2 Å². The lowest BCUT2D eigenvalue weighted by Crippen LogP contribution is -2.46. The Morgan fingerprint density at radius 1 is 1.21 bits per heavy atom. The summed E-state index contributed by atoms with van der Waals surface area (Å²) < 4.78 is 3.90. The molecule has 2 aliphatic rings. The van der Waals surface area contributed by atoms with Gasteiger partial charge in [-0.25, -0.2) is 0 Å². The minimum absolute atomic E-state index is 0.0729. The number of nitrogens with one attached hydrogen (secondary N) is 1. The number of carbonyl (C=O) groups excluding carboxylic acids is 1. The number of carbonyl (C=O) groups is 1. The van der Waals surface area contributed by atoms with Crippen LogP contribution in [0.5, 0.6) is 0 Å². The van der Waals surface area contributed by atoms with Gasteiger partial charge in [0.1, 0.15) is 10.9 Å². The quantitative estimate of drug-likeness (QED) is 0.534. The molecule has 2 aromatic carbocycles. The van der Waals surface area contributed by atoms with Crippen molar-refractivity contribution in [2.75, 3.05) is 11.4 Å². The molecule has 1 fully saturated rings. The lowest BCUT2D eigenvalue weighted by molar-refractivity contribution is 0.0930. The van der Waals surface area contributed by atoms with Crippen molar-refractivity contribution in [3.63, 3.8) is 0 Å². The van der Waals surface area contributed by atoms with Gasteiger partial charge in [0, 0.05) is 24.2 Å². The minimum atomic E-state index is -0.373. The Balaban J connectivity index is 1.50. The average molecular weight is 462 g/mol. The molecule has 1 amide bonds. The highest BCUT2D eigenvalue weighted by Gasteiger charge is 2.37.